The molecule has 0 aliphatic carbocycles. The number of carbonyl (C=O) groups excluding carboxylic acids is 2. The topological polar surface area (TPSA) is 75.0 Å². The van der Waals surface area contributed by atoms with Crippen LogP contribution in [-0.2, 0) is 17.8 Å². The molecule has 3 heterocycles. The third kappa shape index (κ3) is 5.42. The predicted molar refractivity (Wildman–Crippen MR) is 142 cm³/mol. The molecule has 3 aromatic rings. The molecule has 0 unspecified atom stereocenters. The Balaban J connectivity index is 1.34. The second-order valence-electron chi connectivity index (χ2n) is 10.0. The van der Waals surface area contributed by atoms with Crippen molar-refractivity contribution in [3.63, 3.8) is 0 Å². The smallest absolute Gasteiger partial charge is 0.289 e. The average Bonchev–Trinajstić information content (AvgIpc) is 3.39. The fourth-order valence-electron chi connectivity index (χ4n) is 5.35. The molecule has 1 saturated heterocycles. The lowest BCUT2D eigenvalue weighted by Crippen LogP contribution is -2.51. The first kappa shape index (κ1) is 25.1. The third-order valence-corrected chi connectivity index (χ3v) is 7.24. The lowest BCUT2D eigenvalue weighted by Gasteiger charge is -2.38. The van der Waals surface area contributed by atoms with Crippen molar-refractivity contribution >= 4 is 11.8 Å². The molecule has 1 N–H and O–H groups in total. The van der Waals surface area contributed by atoms with Gasteiger partial charge in [0.15, 0.2) is 5.76 Å². The van der Waals surface area contributed by atoms with E-state index >= 15 is 0 Å². The highest BCUT2D eigenvalue weighted by atomic mass is 16.5. The van der Waals surface area contributed by atoms with Gasteiger partial charge >= 0.3 is 0 Å². The van der Waals surface area contributed by atoms with Gasteiger partial charge in [0.25, 0.3) is 5.91 Å². The molecular weight excluding hydrogens is 466 g/mol. The van der Waals surface area contributed by atoms with Gasteiger partial charge in [-0.3, -0.25) is 9.59 Å². The molecule has 194 valence electrons. The number of piperazine rings is 1. The van der Waals surface area contributed by atoms with E-state index in [4.69, 9.17) is 9.15 Å². The molecule has 1 fully saturated rings. The lowest BCUT2D eigenvalue weighted by atomic mass is 9.87. The number of ether oxygens (including phenoxy) is 1. The summed E-state index contributed by atoms with van der Waals surface area (Å²) in [5.41, 5.74) is 4.60. The summed E-state index contributed by atoms with van der Waals surface area (Å²) in [4.78, 5) is 29.5. The van der Waals surface area contributed by atoms with E-state index in [0.29, 0.717) is 43.3 Å². The van der Waals surface area contributed by atoms with Gasteiger partial charge in [-0.05, 0) is 61.2 Å². The standard InChI is InChI=1S/C30H35N3O4/c1-4-28(34)33-14-12-22-8-9-24(17-26(22)29(33)23-7-5-6-20(2)16-23)36-19-25-10-11-27(37-25)30(35)32-15-13-31-21(3)18-32/h5-11,16-17,21,29,31H,4,12-15,18-19H2,1-3H3/t21-,29+/m0/s1. The minimum absolute atomic E-state index is 0.0879. The molecule has 37 heavy (non-hydrogen) atoms. The van der Waals surface area contributed by atoms with Crippen molar-refractivity contribution in [2.75, 3.05) is 26.2 Å². The number of amides is 2. The number of nitrogens with zero attached hydrogens (tertiary/aromatic N) is 2. The van der Waals surface area contributed by atoms with Gasteiger partial charge < -0.3 is 24.3 Å². The quantitative estimate of drug-likeness (QED) is 0.539. The first-order chi connectivity index (χ1) is 17.9. The highest BCUT2D eigenvalue weighted by Gasteiger charge is 2.32. The maximum atomic E-state index is 12.9. The van der Waals surface area contributed by atoms with Gasteiger partial charge in [0, 0.05) is 38.6 Å². The Hall–Kier alpha value is -3.58. The van der Waals surface area contributed by atoms with E-state index in [1.54, 1.807) is 12.1 Å². The first-order valence-electron chi connectivity index (χ1n) is 13.2. The summed E-state index contributed by atoms with van der Waals surface area (Å²) in [5, 5.41) is 3.35. The van der Waals surface area contributed by atoms with Crippen LogP contribution in [0.1, 0.15) is 64.9 Å². The number of nitrogens with one attached hydrogen (secondary N) is 1. The number of hydrogen-bond acceptors (Lipinski definition) is 5. The van der Waals surface area contributed by atoms with Crippen molar-refractivity contribution in [2.45, 2.75) is 52.3 Å². The molecule has 0 bridgehead atoms. The summed E-state index contributed by atoms with van der Waals surface area (Å²) in [7, 11) is 0. The normalized spacial score (nSPS) is 19.4. The van der Waals surface area contributed by atoms with Gasteiger partial charge in [0.1, 0.15) is 18.1 Å². The first-order valence-corrected chi connectivity index (χ1v) is 13.2. The molecular formula is C30H35N3O4. The van der Waals surface area contributed by atoms with Crippen LogP contribution >= 0.6 is 0 Å². The Morgan fingerprint density at radius 1 is 1.11 bits per heavy atom. The van der Waals surface area contributed by atoms with Crippen molar-refractivity contribution in [3.8, 4) is 5.75 Å². The maximum absolute atomic E-state index is 12.9. The Labute approximate surface area is 218 Å². The predicted octanol–water partition coefficient (Wildman–Crippen LogP) is 4.49. The third-order valence-electron chi connectivity index (χ3n) is 7.24. The molecule has 0 saturated carbocycles. The number of fused-ring (bicyclic) bond motifs is 1. The Morgan fingerprint density at radius 2 is 1.97 bits per heavy atom. The second kappa shape index (κ2) is 10.8. The van der Waals surface area contributed by atoms with E-state index in [2.05, 4.69) is 49.5 Å². The SMILES string of the molecule is CCC(=O)N1CCc2ccc(OCc3ccc(C(=O)N4CCN[C@@H](C)C4)o3)cc2[C@H]1c1cccc(C)c1. The van der Waals surface area contributed by atoms with Crippen LogP contribution in [0, 0.1) is 6.92 Å². The van der Waals surface area contributed by atoms with Gasteiger partial charge in [0.05, 0.1) is 6.04 Å². The Bertz CT molecular complexity index is 1280. The number of carbonyl (C=O) groups is 2. The van der Waals surface area contributed by atoms with Gasteiger partial charge in [0.2, 0.25) is 5.91 Å². The van der Waals surface area contributed by atoms with Crippen LogP contribution in [0.5, 0.6) is 5.75 Å². The molecule has 2 amide bonds. The fourth-order valence-corrected chi connectivity index (χ4v) is 5.35. The van der Waals surface area contributed by atoms with Crippen LogP contribution in [-0.4, -0.2) is 53.8 Å². The van der Waals surface area contributed by atoms with Gasteiger partial charge in [-0.25, -0.2) is 0 Å². The summed E-state index contributed by atoms with van der Waals surface area (Å²) < 4.78 is 12.0. The molecule has 1 aromatic heterocycles. The molecule has 5 rings (SSSR count). The highest BCUT2D eigenvalue weighted by molar-refractivity contribution is 5.91. The van der Waals surface area contributed by atoms with Crippen LogP contribution in [0.25, 0.3) is 0 Å². The minimum Gasteiger partial charge on any atom is -0.486 e. The van der Waals surface area contributed by atoms with Gasteiger partial charge in [-0.15, -0.1) is 0 Å². The fraction of sp³-hybridized carbons (Fsp3) is 0.400. The van der Waals surface area contributed by atoms with Crippen LogP contribution in [0.4, 0.5) is 0 Å². The van der Waals surface area contributed by atoms with Crippen LogP contribution in [0.2, 0.25) is 0 Å². The van der Waals surface area contributed by atoms with Crippen molar-refractivity contribution < 1.29 is 18.7 Å². The molecule has 2 aliphatic rings. The molecule has 0 spiro atoms. The van der Waals surface area contributed by atoms with Crippen molar-refractivity contribution in [2.24, 2.45) is 0 Å². The molecule has 2 aromatic carbocycles. The average molecular weight is 502 g/mol. The van der Waals surface area contributed by atoms with Gasteiger partial charge in [-0.1, -0.05) is 42.8 Å². The molecule has 0 radical (unpaired) electrons. The van der Waals surface area contributed by atoms with E-state index in [0.717, 1.165) is 24.1 Å². The number of rotatable bonds is 6. The number of hydrogen-bond donors (Lipinski definition) is 1. The zero-order chi connectivity index (χ0) is 25.9. The monoisotopic (exact) mass is 501 g/mol. The lowest BCUT2D eigenvalue weighted by molar-refractivity contribution is -0.132. The van der Waals surface area contributed by atoms with Crippen molar-refractivity contribution in [1.29, 1.82) is 0 Å². The summed E-state index contributed by atoms with van der Waals surface area (Å²) in [5.74, 6) is 1.71. The second-order valence-corrected chi connectivity index (χ2v) is 10.0. The number of benzene rings is 2. The zero-order valence-corrected chi connectivity index (χ0v) is 21.8. The molecule has 2 atom stereocenters. The summed E-state index contributed by atoms with van der Waals surface area (Å²) in [6, 6.07) is 18.1. The number of aryl methyl sites for hydroxylation is 1. The van der Waals surface area contributed by atoms with E-state index in [-0.39, 0.29) is 30.5 Å². The summed E-state index contributed by atoms with van der Waals surface area (Å²) >= 11 is 0. The summed E-state index contributed by atoms with van der Waals surface area (Å²) in [6.45, 7) is 9.10. The van der Waals surface area contributed by atoms with Crippen LogP contribution in [0.15, 0.2) is 59.0 Å². The highest BCUT2D eigenvalue weighted by Crippen LogP contribution is 2.38. The Morgan fingerprint density at radius 3 is 2.76 bits per heavy atom. The molecule has 7 nitrogen and oxygen atoms in total. The number of furan rings is 1. The van der Waals surface area contributed by atoms with Crippen molar-refractivity contribution in [3.05, 3.63) is 88.4 Å². The zero-order valence-electron chi connectivity index (χ0n) is 21.8. The minimum atomic E-state index is -0.145. The summed E-state index contributed by atoms with van der Waals surface area (Å²) in [6.07, 6.45) is 1.29. The van der Waals surface area contributed by atoms with Gasteiger partial charge in [-0.2, -0.15) is 0 Å². The van der Waals surface area contributed by atoms with E-state index in [9.17, 15) is 9.59 Å². The molecule has 7 heteroatoms. The largest absolute Gasteiger partial charge is 0.486 e. The Kier molecular flexibility index (Phi) is 7.33. The van der Waals surface area contributed by atoms with Crippen molar-refractivity contribution in [1.82, 2.24) is 15.1 Å². The van der Waals surface area contributed by atoms with Crippen LogP contribution < -0.4 is 10.1 Å². The maximum Gasteiger partial charge on any atom is 0.289 e. The van der Waals surface area contributed by atoms with E-state index < -0.39 is 0 Å². The van der Waals surface area contributed by atoms with E-state index in [1.807, 2.05) is 28.9 Å². The van der Waals surface area contributed by atoms with Crippen LogP contribution in [0.3, 0.4) is 0 Å². The van der Waals surface area contributed by atoms with E-state index in [1.165, 1.54) is 11.1 Å². The molecule has 2 aliphatic heterocycles.